The predicted octanol–water partition coefficient (Wildman–Crippen LogP) is 2.27. The number of nitrogens with zero attached hydrogens (tertiary/aromatic N) is 3. The first-order valence-electron chi connectivity index (χ1n) is 11.4. The van der Waals surface area contributed by atoms with Gasteiger partial charge in [0.2, 0.25) is 11.8 Å². The van der Waals surface area contributed by atoms with E-state index < -0.39 is 0 Å². The lowest BCUT2D eigenvalue weighted by Crippen LogP contribution is -2.48. The number of carbonyl (C=O) groups excluding carboxylic acids is 2. The van der Waals surface area contributed by atoms with Gasteiger partial charge in [-0.3, -0.25) is 14.4 Å². The molecule has 0 saturated carbocycles. The van der Waals surface area contributed by atoms with Crippen molar-refractivity contribution in [2.45, 2.75) is 31.8 Å². The minimum absolute atomic E-state index is 0.0442. The minimum Gasteiger partial charge on any atom is -0.496 e. The van der Waals surface area contributed by atoms with E-state index in [-0.39, 0.29) is 36.4 Å². The van der Waals surface area contributed by atoms with Crippen molar-refractivity contribution in [2.75, 3.05) is 20.2 Å². The van der Waals surface area contributed by atoms with Gasteiger partial charge in [0.05, 0.1) is 19.2 Å². The monoisotopic (exact) mass is 460 g/mol. The summed E-state index contributed by atoms with van der Waals surface area (Å²) in [5, 5.41) is 7.33. The molecule has 1 aliphatic heterocycles. The molecule has 4 rings (SSSR count). The lowest BCUT2D eigenvalue weighted by atomic mass is 10.0. The standard InChI is InChI=1S/C26H28N4O4/c1-34-23-10-6-5-9-20(23)17-26(33)29-15-13-21(14-16-29)27-24(31)18-30-25(32)12-11-22(28-30)19-7-3-2-4-8-19/h2-12,21H,13-18H2,1H3,(H,27,31). The molecule has 2 heterocycles. The molecule has 0 unspecified atom stereocenters. The smallest absolute Gasteiger partial charge is 0.267 e. The Bertz CT molecular complexity index is 1200. The molecule has 176 valence electrons. The third kappa shape index (κ3) is 5.70. The van der Waals surface area contributed by atoms with Crippen LogP contribution in [0.4, 0.5) is 0 Å². The topological polar surface area (TPSA) is 93.5 Å². The third-order valence-electron chi connectivity index (χ3n) is 5.98. The molecule has 8 heteroatoms. The minimum atomic E-state index is -0.327. The molecule has 8 nitrogen and oxygen atoms in total. The molecule has 1 fully saturated rings. The van der Waals surface area contributed by atoms with E-state index in [1.54, 1.807) is 13.2 Å². The summed E-state index contributed by atoms with van der Waals surface area (Å²) in [5.41, 5.74) is 2.05. The number of carbonyl (C=O) groups is 2. The Labute approximate surface area is 198 Å². The highest BCUT2D eigenvalue weighted by atomic mass is 16.5. The van der Waals surface area contributed by atoms with Gasteiger partial charge in [0.1, 0.15) is 12.3 Å². The molecule has 0 radical (unpaired) electrons. The van der Waals surface area contributed by atoms with E-state index in [2.05, 4.69) is 10.4 Å². The molecule has 1 aromatic heterocycles. The molecule has 34 heavy (non-hydrogen) atoms. The van der Waals surface area contributed by atoms with Crippen molar-refractivity contribution < 1.29 is 14.3 Å². The average molecular weight is 461 g/mol. The first-order valence-corrected chi connectivity index (χ1v) is 11.4. The summed E-state index contributed by atoms with van der Waals surface area (Å²) >= 11 is 0. The molecule has 3 aromatic rings. The molecule has 1 saturated heterocycles. The normalized spacial score (nSPS) is 14.0. The van der Waals surface area contributed by atoms with Crippen LogP contribution < -0.4 is 15.6 Å². The van der Waals surface area contributed by atoms with Crippen LogP contribution in [0.3, 0.4) is 0 Å². The zero-order valence-electron chi connectivity index (χ0n) is 19.1. The van der Waals surface area contributed by atoms with Gasteiger partial charge < -0.3 is 15.0 Å². The molecule has 2 aromatic carbocycles. The molecule has 0 atom stereocenters. The Hall–Kier alpha value is -3.94. The van der Waals surface area contributed by atoms with Crippen LogP contribution >= 0.6 is 0 Å². The zero-order valence-corrected chi connectivity index (χ0v) is 19.1. The number of aromatic nitrogens is 2. The van der Waals surface area contributed by atoms with E-state index in [1.807, 2.05) is 59.5 Å². The Morgan fingerprint density at radius 1 is 1.00 bits per heavy atom. The summed E-state index contributed by atoms with van der Waals surface area (Å²) in [6.07, 6.45) is 1.61. The van der Waals surface area contributed by atoms with Crippen molar-refractivity contribution in [3.05, 3.63) is 82.6 Å². The number of hydrogen-bond acceptors (Lipinski definition) is 5. The van der Waals surface area contributed by atoms with Gasteiger partial charge in [-0.2, -0.15) is 5.10 Å². The molecule has 1 N–H and O–H groups in total. The fourth-order valence-electron chi connectivity index (χ4n) is 4.13. The number of methoxy groups -OCH3 is 1. The maximum absolute atomic E-state index is 12.7. The van der Waals surface area contributed by atoms with E-state index in [4.69, 9.17) is 4.74 Å². The van der Waals surface area contributed by atoms with Crippen LogP contribution in [0.5, 0.6) is 5.75 Å². The van der Waals surface area contributed by atoms with Gasteiger partial charge in [-0.05, 0) is 25.0 Å². The van der Waals surface area contributed by atoms with Crippen molar-refractivity contribution in [3.63, 3.8) is 0 Å². The van der Waals surface area contributed by atoms with Crippen LogP contribution in [0, 0.1) is 0 Å². The van der Waals surface area contributed by atoms with Crippen LogP contribution in [-0.2, 0) is 22.6 Å². The Balaban J connectivity index is 1.29. The van der Waals surface area contributed by atoms with Gasteiger partial charge in [-0.1, -0.05) is 48.5 Å². The van der Waals surface area contributed by atoms with Gasteiger partial charge in [0.15, 0.2) is 0 Å². The number of rotatable bonds is 7. The number of likely N-dealkylation sites (tertiary alicyclic amines) is 1. The summed E-state index contributed by atoms with van der Waals surface area (Å²) in [6, 6.07) is 20.1. The number of hydrogen-bond donors (Lipinski definition) is 1. The van der Waals surface area contributed by atoms with Gasteiger partial charge in [-0.15, -0.1) is 0 Å². The molecule has 0 bridgehead atoms. The van der Waals surface area contributed by atoms with Crippen LogP contribution in [0.25, 0.3) is 11.3 Å². The fourth-order valence-corrected chi connectivity index (χ4v) is 4.13. The summed E-state index contributed by atoms with van der Waals surface area (Å²) < 4.78 is 6.52. The largest absolute Gasteiger partial charge is 0.496 e. The van der Waals surface area contributed by atoms with Crippen LogP contribution in [0.1, 0.15) is 18.4 Å². The number of amides is 2. The Morgan fingerprint density at radius 3 is 2.44 bits per heavy atom. The highest BCUT2D eigenvalue weighted by molar-refractivity contribution is 5.80. The van der Waals surface area contributed by atoms with Crippen molar-refractivity contribution in [3.8, 4) is 17.0 Å². The highest BCUT2D eigenvalue weighted by Crippen LogP contribution is 2.20. The highest BCUT2D eigenvalue weighted by Gasteiger charge is 2.24. The van der Waals surface area contributed by atoms with Crippen molar-refractivity contribution >= 4 is 11.8 Å². The van der Waals surface area contributed by atoms with Crippen LogP contribution in [0.15, 0.2) is 71.5 Å². The lowest BCUT2D eigenvalue weighted by Gasteiger charge is -2.32. The number of nitrogens with one attached hydrogen (secondary N) is 1. The van der Waals surface area contributed by atoms with E-state index in [0.717, 1.165) is 11.1 Å². The van der Waals surface area contributed by atoms with Gasteiger partial charge in [-0.25, -0.2) is 4.68 Å². The number of ether oxygens (including phenoxy) is 1. The van der Waals surface area contributed by atoms with Gasteiger partial charge in [0.25, 0.3) is 5.56 Å². The van der Waals surface area contributed by atoms with Crippen molar-refractivity contribution in [1.29, 1.82) is 0 Å². The van der Waals surface area contributed by atoms with Crippen molar-refractivity contribution in [1.82, 2.24) is 20.0 Å². The zero-order chi connectivity index (χ0) is 23.9. The quantitative estimate of drug-likeness (QED) is 0.584. The number of piperidine rings is 1. The number of benzene rings is 2. The first-order chi connectivity index (χ1) is 16.5. The number of para-hydroxylation sites is 1. The summed E-state index contributed by atoms with van der Waals surface area (Å²) in [4.78, 5) is 39.4. The second-order valence-electron chi connectivity index (χ2n) is 8.29. The fraction of sp³-hybridized carbons (Fsp3) is 0.308. The van der Waals surface area contributed by atoms with E-state index >= 15 is 0 Å². The predicted molar refractivity (Wildman–Crippen MR) is 128 cm³/mol. The second-order valence-corrected chi connectivity index (χ2v) is 8.29. The Morgan fingerprint density at radius 2 is 1.71 bits per heavy atom. The molecule has 0 aliphatic carbocycles. The molecule has 2 amide bonds. The summed E-state index contributed by atoms with van der Waals surface area (Å²) in [6.45, 7) is 0.994. The third-order valence-corrected chi connectivity index (χ3v) is 5.98. The first kappa shape index (κ1) is 23.2. The van der Waals surface area contributed by atoms with Crippen LogP contribution in [-0.4, -0.2) is 52.7 Å². The van der Waals surface area contributed by atoms with Gasteiger partial charge >= 0.3 is 0 Å². The average Bonchev–Trinajstić information content (AvgIpc) is 2.86. The van der Waals surface area contributed by atoms with E-state index in [1.165, 1.54) is 10.7 Å². The maximum Gasteiger partial charge on any atom is 0.267 e. The molecular formula is C26H28N4O4. The van der Waals surface area contributed by atoms with Crippen LogP contribution in [0.2, 0.25) is 0 Å². The molecular weight excluding hydrogens is 432 g/mol. The van der Waals surface area contributed by atoms with E-state index in [0.29, 0.717) is 37.4 Å². The lowest BCUT2D eigenvalue weighted by molar-refractivity contribution is -0.131. The van der Waals surface area contributed by atoms with Crippen molar-refractivity contribution in [2.24, 2.45) is 0 Å². The van der Waals surface area contributed by atoms with Gasteiger partial charge in [0, 0.05) is 36.3 Å². The summed E-state index contributed by atoms with van der Waals surface area (Å²) in [5.74, 6) is 0.486. The summed E-state index contributed by atoms with van der Waals surface area (Å²) in [7, 11) is 1.60. The SMILES string of the molecule is COc1ccccc1CC(=O)N1CCC(NC(=O)Cn2nc(-c3ccccc3)ccc2=O)CC1. The van der Waals surface area contributed by atoms with E-state index in [9.17, 15) is 14.4 Å². The second kappa shape index (κ2) is 10.8. The molecule has 0 spiro atoms. The molecule has 1 aliphatic rings. The maximum atomic E-state index is 12.7. The Kier molecular flexibility index (Phi) is 7.37.